The summed E-state index contributed by atoms with van der Waals surface area (Å²) in [6.07, 6.45) is 0.652. The first kappa shape index (κ1) is 18.2. The molecule has 4 rings (SSSR count). The number of aryl methyl sites for hydroxylation is 1. The molecule has 0 unspecified atom stereocenters. The second-order valence-corrected chi connectivity index (χ2v) is 7.00. The summed E-state index contributed by atoms with van der Waals surface area (Å²) in [5, 5.41) is 8.04. The fourth-order valence-electron chi connectivity index (χ4n) is 3.58. The smallest absolute Gasteiger partial charge is 0.256 e. The SMILES string of the molecule is Cc1[nH]nc2ccc(C(=O)N3CCCN(C(=O)c4ccccc4F)CC3)cc12. The van der Waals surface area contributed by atoms with Gasteiger partial charge in [-0.2, -0.15) is 5.10 Å². The Hall–Kier alpha value is -3.22. The van der Waals surface area contributed by atoms with Crippen LogP contribution in [0, 0.1) is 12.7 Å². The maximum absolute atomic E-state index is 13.9. The highest BCUT2D eigenvalue weighted by Crippen LogP contribution is 2.19. The molecule has 144 valence electrons. The Bertz CT molecular complexity index is 1050. The summed E-state index contributed by atoms with van der Waals surface area (Å²) in [7, 11) is 0. The lowest BCUT2D eigenvalue weighted by atomic mass is 10.1. The Morgan fingerprint density at radius 3 is 2.46 bits per heavy atom. The van der Waals surface area contributed by atoms with Crippen LogP contribution in [0.1, 0.15) is 32.8 Å². The summed E-state index contributed by atoms with van der Waals surface area (Å²) in [5.74, 6) is -0.918. The molecule has 6 nitrogen and oxygen atoms in total. The van der Waals surface area contributed by atoms with Gasteiger partial charge in [0.05, 0.1) is 11.1 Å². The minimum absolute atomic E-state index is 0.0670. The van der Waals surface area contributed by atoms with Crippen molar-refractivity contribution in [3.63, 3.8) is 0 Å². The van der Waals surface area contributed by atoms with Gasteiger partial charge in [0.1, 0.15) is 5.82 Å². The lowest BCUT2D eigenvalue weighted by Crippen LogP contribution is -2.37. The van der Waals surface area contributed by atoms with E-state index in [0.29, 0.717) is 38.2 Å². The number of hydrogen-bond acceptors (Lipinski definition) is 3. The lowest BCUT2D eigenvalue weighted by Gasteiger charge is -2.22. The van der Waals surface area contributed by atoms with Crippen molar-refractivity contribution in [2.24, 2.45) is 0 Å². The molecule has 3 aromatic rings. The molecule has 0 aliphatic carbocycles. The zero-order valence-corrected chi connectivity index (χ0v) is 15.6. The topological polar surface area (TPSA) is 69.3 Å². The minimum Gasteiger partial charge on any atom is -0.337 e. The molecule has 1 N–H and O–H groups in total. The van der Waals surface area contributed by atoms with E-state index in [1.165, 1.54) is 12.1 Å². The Morgan fingerprint density at radius 1 is 1.00 bits per heavy atom. The number of halogens is 1. The van der Waals surface area contributed by atoms with Crippen LogP contribution < -0.4 is 0 Å². The van der Waals surface area contributed by atoms with E-state index >= 15 is 0 Å². The zero-order chi connectivity index (χ0) is 19.7. The summed E-state index contributed by atoms with van der Waals surface area (Å²) in [5.41, 5.74) is 2.42. The van der Waals surface area contributed by atoms with Crippen LogP contribution >= 0.6 is 0 Å². The number of rotatable bonds is 2. The number of H-pyrrole nitrogens is 1. The molecule has 0 atom stereocenters. The highest BCUT2D eigenvalue weighted by Gasteiger charge is 2.25. The molecule has 0 spiro atoms. The van der Waals surface area contributed by atoms with Crippen molar-refractivity contribution in [3.05, 3.63) is 65.1 Å². The fraction of sp³-hybridized carbons (Fsp3) is 0.286. The number of carbonyl (C=O) groups excluding carboxylic acids is 2. The molecule has 7 heteroatoms. The van der Waals surface area contributed by atoms with Crippen molar-refractivity contribution >= 4 is 22.7 Å². The molecule has 0 saturated carbocycles. The molecule has 1 saturated heterocycles. The van der Waals surface area contributed by atoms with Crippen LogP contribution in [-0.2, 0) is 0 Å². The van der Waals surface area contributed by atoms with Crippen LogP contribution in [0.25, 0.3) is 10.9 Å². The highest BCUT2D eigenvalue weighted by atomic mass is 19.1. The van der Waals surface area contributed by atoms with E-state index in [2.05, 4.69) is 10.2 Å². The number of aromatic nitrogens is 2. The molecule has 1 aromatic heterocycles. The Labute approximate surface area is 161 Å². The third kappa shape index (κ3) is 3.35. The Balaban J connectivity index is 1.48. The van der Waals surface area contributed by atoms with Gasteiger partial charge in [-0.05, 0) is 43.7 Å². The summed E-state index contributed by atoms with van der Waals surface area (Å²) in [4.78, 5) is 29.0. The summed E-state index contributed by atoms with van der Waals surface area (Å²) < 4.78 is 13.9. The van der Waals surface area contributed by atoms with E-state index < -0.39 is 5.82 Å². The number of benzene rings is 2. The standard InChI is InChI=1S/C21H21FN4O2/c1-14-17-13-15(7-8-19(17)24-23-14)20(27)25-9-4-10-26(12-11-25)21(28)16-5-2-3-6-18(16)22/h2-3,5-8,13H,4,9-12H2,1H3,(H,23,24). The lowest BCUT2D eigenvalue weighted by molar-refractivity contribution is 0.0716. The molecule has 1 aliphatic rings. The van der Waals surface area contributed by atoms with E-state index in [0.717, 1.165) is 16.6 Å². The van der Waals surface area contributed by atoms with Crippen LogP contribution in [0.15, 0.2) is 42.5 Å². The summed E-state index contributed by atoms with van der Waals surface area (Å²) in [6.45, 7) is 3.77. The van der Waals surface area contributed by atoms with Gasteiger partial charge in [0.25, 0.3) is 11.8 Å². The number of aromatic amines is 1. The van der Waals surface area contributed by atoms with Crippen LogP contribution in [-0.4, -0.2) is 58.0 Å². The second kappa shape index (κ2) is 7.42. The van der Waals surface area contributed by atoms with Gasteiger partial charge in [0.15, 0.2) is 0 Å². The molecule has 1 fully saturated rings. The number of amides is 2. The highest BCUT2D eigenvalue weighted by molar-refractivity contribution is 5.98. The average Bonchev–Trinajstić information content (AvgIpc) is 2.92. The van der Waals surface area contributed by atoms with Crippen molar-refractivity contribution in [3.8, 4) is 0 Å². The van der Waals surface area contributed by atoms with Gasteiger partial charge in [-0.25, -0.2) is 4.39 Å². The van der Waals surface area contributed by atoms with Crippen molar-refractivity contribution in [1.82, 2.24) is 20.0 Å². The number of nitrogens with one attached hydrogen (secondary N) is 1. The molecule has 1 aliphatic heterocycles. The third-order valence-electron chi connectivity index (χ3n) is 5.17. The maximum Gasteiger partial charge on any atom is 0.256 e. The van der Waals surface area contributed by atoms with Gasteiger partial charge in [0.2, 0.25) is 0 Å². The third-order valence-corrected chi connectivity index (χ3v) is 5.17. The first-order chi connectivity index (χ1) is 13.5. The Morgan fingerprint density at radius 2 is 1.71 bits per heavy atom. The van der Waals surface area contributed by atoms with E-state index in [4.69, 9.17) is 0 Å². The molecule has 2 aromatic carbocycles. The quantitative estimate of drug-likeness (QED) is 0.743. The zero-order valence-electron chi connectivity index (χ0n) is 15.6. The predicted molar refractivity (Wildman–Crippen MR) is 104 cm³/mol. The number of fused-ring (bicyclic) bond motifs is 1. The molecule has 0 bridgehead atoms. The van der Waals surface area contributed by atoms with Crippen LogP contribution in [0.5, 0.6) is 0 Å². The van der Waals surface area contributed by atoms with Gasteiger partial charge >= 0.3 is 0 Å². The first-order valence-electron chi connectivity index (χ1n) is 9.32. The van der Waals surface area contributed by atoms with Gasteiger partial charge in [0, 0.05) is 42.8 Å². The van der Waals surface area contributed by atoms with Gasteiger partial charge in [-0.3, -0.25) is 14.7 Å². The van der Waals surface area contributed by atoms with Gasteiger partial charge in [-0.15, -0.1) is 0 Å². The summed E-state index contributed by atoms with van der Waals surface area (Å²) >= 11 is 0. The molecule has 0 radical (unpaired) electrons. The van der Waals surface area contributed by atoms with Gasteiger partial charge in [-0.1, -0.05) is 12.1 Å². The van der Waals surface area contributed by atoms with Gasteiger partial charge < -0.3 is 9.80 Å². The van der Waals surface area contributed by atoms with E-state index in [1.54, 1.807) is 28.0 Å². The Kier molecular flexibility index (Phi) is 4.81. The predicted octanol–water partition coefficient (Wildman–Crippen LogP) is 3.00. The normalized spacial score (nSPS) is 14.9. The number of nitrogens with zero attached hydrogens (tertiary/aromatic N) is 3. The molecule has 2 amide bonds. The van der Waals surface area contributed by atoms with Crippen molar-refractivity contribution in [2.45, 2.75) is 13.3 Å². The van der Waals surface area contributed by atoms with E-state index in [1.807, 2.05) is 19.1 Å². The monoisotopic (exact) mass is 380 g/mol. The molecular weight excluding hydrogens is 359 g/mol. The van der Waals surface area contributed by atoms with Crippen LogP contribution in [0.3, 0.4) is 0 Å². The summed E-state index contributed by atoms with van der Waals surface area (Å²) in [6, 6.07) is 11.5. The van der Waals surface area contributed by atoms with Crippen LogP contribution in [0.2, 0.25) is 0 Å². The fourth-order valence-corrected chi connectivity index (χ4v) is 3.58. The van der Waals surface area contributed by atoms with E-state index in [-0.39, 0.29) is 17.4 Å². The van der Waals surface area contributed by atoms with Crippen LogP contribution in [0.4, 0.5) is 4.39 Å². The van der Waals surface area contributed by atoms with Crippen molar-refractivity contribution in [1.29, 1.82) is 0 Å². The minimum atomic E-state index is -0.520. The molecular formula is C21H21FN4O2. The second-order valence-electron chi connectivity index (χ2n) is 7.00. The van der Waals surface area contributed by atoms with E-state index in [9.17, 15) is 14.0 Å². The molecule has 2 heterocycles. The number of carbonyl (C=O) groups is 2. The maximum atomic E-state index is 13.9. The average molecular weight is 380 g/mol. The molecule has 28 heavy (non-hydrogen) atoms. The largest absolute Gasteiger partial charge is 0.337 e. The van der Waals surface area contributed by atoms with Crippen molar-refractivity contribution < 1.29 is 14.0 Å². The first-order valence-corrected chi connectivity index (χ1v) is 9.32. The van der Waals surface area contributed by atoms with Crippen molar-refractivity contribution in [2.75, 3.05) is 26.2 Å². The number of hydrogen-bond donors (Lipinski definition) is 1.